The number of hydrogen-bond donors (Lipinski definition) is 1. The van der Waals surface area contributed by atoms with Crippen molar-refractivity contribution in [2.75, 3.05) is 0 Å². The van der Waals surface area contributed by atoms with Gasteiger partial charge in [0.15, 0.2) is 5.75 Å². The molecule has 8 heteroatoms. The van der Waals surface area contributed by atoms with Crippen LogP contribution < -0.4 is 4.74 Å². The lowest BCUT2D eigenvalue weighted by atomic mass is 10.0. The monoisotopic (exact) mass is 491 g/mol. The van der Waals surface area contributed by atoms with Gasteiger partial charge in [-0.1, -0.05) is 64.6 Å². The molecule has 3 aromatic carbocycles. The normalized spacial score (nSPS) is 11.1. The molecule has 0 heterocycles. The number of aromatic carboxylic acids is 1. The van der Waals surface area contributed by atoms with E-state index in [-0.39, 0.29) is 28.0 Å². The topological polar surface area (TPSA) is 70.3 Å². The first kappa shape index (κ1) is 23.0. The highest BCUT2D eigenvalue weighted by molar-refractivity contribution is 6.37. The average Bonchev–Trinajstić information content (AvgIpc) is 2.72. The molecule has 0 saturated heterocycles. The second-order valence-corrected chi connectivity index (χ2v) is 8.05. The van der Waals surface area contributed by atoms with Crippen LogP contribution in [0, 0.1) is 11.3 Å². The quantitative estimate of drug-likeness (QED) is 0.283. The second kappa shape index (κ2) is 10.1. The van der Waals surface area contributed by atoms with Gasteiger partial charge in [-0.2, -0.15) is 5.26 Å². The molecule has 0 aliphatic heterocycles. The van der Waals surface area contributed by atoms with Gasteiger partial charge in [-0.05, 0) is 53.6 Å². The van der Waals surface area contributed by atoms with E-state index in [4.69, 9.17) is 56.2 Å². The summed E-state index contributed by atoms with van der Waals surface area (Å²) >= 11 is 24.8. The third kappa shape index (κ3) is 5.72. The highest BCUT2D eigenvalue weighted by Crippen LogP contribution is 2.36. The number of allylic oxidation sites excluding steroid dienone is 1. The number of halogens is 4. The van der Waals surface area contributed by atoms with E-state index in [0.29, 0.717) is 26.7 Å². The number of carboxylic acids is 1. The van der Waals surface area contributed by atoms with Crippen LogP contribution in [0.4, 0.5) is 0 Å². The van der Waals surface area contributed by atoms with Crippen molar-refractivity contribution < 1.29 is 14.6 Å². The number of nitrogens with zero attached hydrogens (tertiary/aromatic N) is 1. The lowest BCUT2D eigenvalue weighted by Gasteiger charge is -2.12. The molecule has 0 unspecified atom stereocenters. The fourth-order valence-corrected chi connectivity index (χ4v) is 3.80. The van der Waals surface area contributed by atoms with Crippen LogP contribution >= 0.6 is 46.4 Å². The van der Waals surface area contributed by atoms with E-state index in [9.17, 15) is 10.1 Å². The lowest BCUT2D eigenvalue weighted by molar-refractivity contribution is 0.0697. The second-order valence-electron chi connectivity index (χ2n) is 6.39. The Balaban J connectivity index is 1.84. The molecule has 0 aromatic heterocycles. The van der Waals surface area contributed by atoms with E-state index in [2.05, 4.69) is 6.07 Å². The van der Waals surface area contributed by atoms with E-state index in [1.54, 1.807) is 48.5 Å². The van der Waals surface area contributed by atoms with Gasteiger partial charge in [0.05, 0.1) is 27.3 Å². The zero-order valence-corrected chi connectivity index (χ0v) is 18.7. The van der Waals surface area contributed by atoms with Crippen molar-refractivity contribution in [3.05, 3.63) is 96.9 Å². The number of carboxylic acid groups (broad SMARTS) is 1. The van der Waals surface area contributed by atoms with E-state index in [1.807, 2.05) is 0 Å². The highest BCUT2D eigenvalue weighted by atomic mass is 35.5. The van der Waals surface area contributed by atoms with Crippen LogP contribution in [0.5, 0.6) is 5.75 Å². The summed E-state index contributed by atoms with van der Waals surface area (Å²) in [7, 11) is 0. The molecule has 0 atom stereocenters. The van der Waals surface area contributed by atoms with Crippen molar-refractivity contribution in [1.82, 2.24) is 0 Å². The van der Waals surface area contributed by atoms with Gasteiger partial charge in [0.2, 0.25) is 0 Å². The molecule has 156 valence electrons. The first-order chi connectivity index (χ1) is 14.8. The molecule has 0 bridgehead atoms. The van der Waals surface area contributed by atoms with Crippen molar-refractivity contribution in [3.63, 3.8) is 0 Å². The van der Waals surface area contributed by atoms with Crippen molar-refractivity contribution in [1.29, 1.82) is 5.26 Å². The number of ether oxygens (including phenoxy) is 1. The zero-order valence-electron chi connectivity index (χ0n) is 15.7. The number of hydrogen-bond acceptors (Lipinski definition) is 3. The maximum atomic E-state index is 11.0. The van der Waals surface area contributed by atoms with Gasteiger partial charge in [0.25, 0.3) is 0 Å². The van der Waals surface area contributed by atoms with Gasteiger partial charge in [-0.15, -0.1) is 0 Å². The molecule has 0 radical (unpaired) electrons. The van der Waals surface area contributed by atoms with Crippen LogP contribution in [0.25, 0.3) is 11.6 Å². The number of rotatable bonds is 6. The fraction of sp³-hybridized carbons (Fsp3) is 0.0435. The zero-order chi connectivity index (χ0) is 22.5. The minimum atomic E-state index is -1.04. The van der Waals surface area contributed by atoms with E-state index < -0.39 is 5.97 Å². The SMILES string of the molecule is N#C/C(=C/c1cc(Cl)c(OCc2ccc(Cl)cc2Cl)c(Cl)c1)c1ccc(C(=O)O)cc1. The van der Waals surface area contributed by atoms with Gasteiger partial charge in [0, 0.05) is 15.6 Å². The van der Waals surface area contributed by atoms with E-state index >= 15 is 0 Å². The van der Waals surface area contributed by atoms with Gasteiger partial charge in [-0.3, -0.25) is 0 Å². The summed E-state index contributed by atoms with van der Waals surface area (Å²) in [4.78, 5) is 11.0. The summed E-state index contributed by atoms with van der Waals surface area (Å²) in [5.74, 6) is -0.751. The summed E-state index contributed by atoms with van der Waals surface area (Å²) < 4.78 is 5.75. The molecule has 4 nitrogen and oxygen atoms in total. The van der Waals surface area contributed by atoms with Crippen LogP contribution in [0.2, 0.25) is 20.1 Å². The molecule has 0 aliphatic rings. The highest BCUT2D eigenvalue weighted by Gasteiger charge is 2.12. The maximum Gasteiger partial charge on any atom is 0.335 e. The Morgan fingerprint density at radius 1 is 0.935 bits per heavy atom. The summed E-state index contributed by atoms with van der Waals surface area (Å²) in [6.45, 7) is 0.143. The number of benzene rings is 3. The van der Waals surface area contributed by atoms with E-state index in [0.717, 1.165) is 5.56 Å². The summed E-state index contributed by atoms with van der Waals surface area (Å²) in [6, 6.07) is 16.4. The standard InChI is InChI=1S/C23H13Cl4NO3/c24-18-6-5-16(19(25)10-18)12-31-22-20(26)8-13(9-21(22)27)7-17(11-28)14-1-3-15(4-2-14)23(29)30/h1-10H,12H2,(H,29,30)/b17-7-. The summed E-state index contributed by atoms with van der Waals surface area (Å²) in [5.41, 5.74) is 2.34. The Kier molecular flexibility index (Phi) is 7.48. The van der Waals surface area contributed by atoms with Crippen LogP contribution in [-0.2, 0) is 6.61 Å². The molecule has 0 saturated carbocycles. The fourth-order valence-electron chi connectivity index (χ4n) is 2.73. The Labute approximate surface area is 198 Å². The van der Waals surface area contributed by atoms with Crippen LogP contribution in [0.15, 0.2) is 54.6 Å². The Morgan fingerprint density at radius 3 is 2.10 bits per heavy atom. The minimum Gasteiger partial charge on any atom is -0.486 e. The molecule has 31 heavy (non-hydrogen) atoms. The maximum absolute atomic E-state index is 11.0. The van der Waals surface area contributed by atoms with Crippen LogP contribution in [0.1, 0.15) is 27.0 Å². The largest absolute Gasteiger partial charge is 0.486 e. The van der Waals surface area contributed by atoms with Gasteiger partial charge in [-0.25, -0.2) is 4.79 Å². The molecular weight excluding hydrogens is 480 g/mol. The van der Waals surface area contributed by atoms with Crippen molar-refractivity contribution >= 4 is 64.0 Å². The van der Waals surface area contributed by atoms with Gasteiger partial charge >= 0.3 is 5.97 Å². The van der Waals surface area contributed by atoms with Gasteiger partial charge < -0.3 is 9.84 Å². The number of carbonyl (C=O) groups is 1. The van der Waals surface area contributed by atoms with Crippen LogP contribution in [-0.4, -0.2) is 11.1 Å². The Hall–Kier alpha value is -2.68. The van der Waals surface area contributed by atoms with Crippen molar-refractivity contribution in [2.45, 2.75) is 6.61 Å². The Bertz CT molecular complexity index is 1190. The van der Waals surface area contributed by atoms with Gasteiger partial charge in [0.1, 0.15) is 6.61 Å². The predicted octanol–water partition coefficient (Wildman–Crippen LogP) is 7.64. The molecule has 1 N–H and O–H groups in total. The molecule has 3 rings (SSSR count). The Morgan fingerprint density at radius 2 is 1.55 bits per heavy atom. The molecule has 3 aromatic rings. The summed E-state index contributed by atoms with van der Waals surface area (Å²) in [5, 5.41) is 20.0. The predicted molar refractivity (Wildman–Crippen MR) is 124 cm³/mol. The molecule has 0 aliphatic carbocycles. The first-order valence-corrected chi connectivity index (χ1v) is 10.3. The average molecular weight is 493 g/mol. The summed E-state index contributed by atoms with van der Waals surface area (Å²) in [6.07, 6.45) is 1.60. The molecule has 0 amide bonds. The smallest absolute Gasteiger partial charge is 0.335 e. The van der Waals surface area contributed by atoms with Crippen molar-refractivity contribution in [3.8, 4) is 11.8 Å². The van der Waals surface area contributed by atoms with E-state index in [1.165, 1.54) is 12.1 Å². The minimum absolute atomic E-state index is 0.134. The molecular formula is C23H13Cl4NO3. The lowest BCUT2D eigenvalue weighted by Crippen LogP contribution is -1.98. The molecule has 0 fully saturated rings. The van der Waals surface area contributed by atoms with Crippen molar-refractivity contribution in [2.24, 2.45) is 0 Å². The van der Waals surface area contributed by atoms with Crippen LogP contribution in [0.3, 0.4) is 0 Å². The molecule has 0 spiro atoms. The first-order valence-electron chi connectivity index (χ1n) is 8.80. The third-order valence-corrected chi connectivity index (χ3v) is 5.43. The number of nitriles is 1. The third-order valence-electron chi connectivity index (χ3n) is 4.28.